The van der Waals surface area contributed by atoms with E-state index in [9.17, 15) is 4.79 Å². The van der Waals surface area contributed by atoms with E-state index in [2.05, 4.69) is 10.3 Å². The molecule has 0 saturated carbocycles. The number of nitrogens with one attached hydrogen (secondary N) is 1. The lowest BCUT2D eigenvalue weighted by Crippen LogP contribution is -2.04. The number of anilines is 2. The number of rotatable bonds is 1. The first kappa shape index (κ1) is 11.2. The predicted molar refractivity (Wildman–Crippen MR) is 73.8 cm³/mol. The molecule has 1 aromatic heterocycles. The summed E-state index contributed by atoms with van der Waals surface area (Å²) in [5, 5.41) is 5.43. The van der Waals surface area contributed by atoms with Crippen LogP contribution in [0.1, 0.15) is 16.7 Å². The standard InChI is InChI=1S/C13H13N3OS/c1-6-7(2)12-8(4-11(17)16-12)3-9(6)10-5-18-13(14)15-10/h3,5H,4H2,1-2H3,(H2,14,15)(H,16,17). The van der Waals surface area contributed by atoms with Crippen LogP contribution in [0, 0.1) is 13.8 Å². The van der Waals surface area contributed by atoms with Gasteiger partial charge in [-0.3, -0.25) is 4.79 Å². The molecule has 0 aliphatic carbocycles. The normalized spacial score (nSPS) is 13.6. The number of hydrogen-bond acceptors (Lipinski definition) is 4. The Kier molecular flexibility index (Phi) is 2.38. The summed E-state index contributed by atoms with van der Waals surface area (Å²) in [6.45, 7) is 4.07. The Hall–Kier alpha value is -1.88. The number of nitrogens with two attached hydrogens (primary N) is 1. The van der Waals surface area contributed by atoms with E-state index in [4.69, 9.17) is 5.73 Å². The number of aromatic nitrogens is 1. The Bertz CT molecular complexity index is 660. The fraction of sp³-hybridized carbons (Fsp3) is 0.231. The highest BCUT2D eigenvalue weighted by molar-refractivity contribution is 7.13. The number of benzene rings is 1. The molecule has 1 amide bonds. The lowest BCUT2D eigenvalue weighted by Gasteiger charge is -2.11. The number of hydrogen-bond donors (Lipinski definition) is 2. The maximum absolute atomic E-state index is 11.5. The van der Waals surface area contributed by atoms with E-state index in [0.29, 0.717) is 11.6 Å². The number of carbonyl (C=O) groups is 1. The third kappa shape index (κ3) is 1.59. The molecule has 1 aliphatic heterocycles. The zero-order valence-electron chi connectivity index (χ0n) is 10.2. The van der Waals surface area contributed by atoms with Gasteiger partial charge in [0.2, 0.25) is 5.91 Å². The molecule has 2 aromatic rings. The SMILES string of the molecule is Cc1c(-c2csc(N)n2)cc2c(c1C)NC(=O)C2. The summed E-state index contributed by atoms with van der Waals surface area (Å²) in [7, 11) is 0. The van der Waals surface area contributed by atoms with Gasteiger partial charge in [-0.25, -0.2) is 4.98 Å². The summed E-state index contributed by atoms with van der Waals surface area (Å²) in [5.74, 6) is 0.0578. The second-order valence-corrected chi connectivity index (χ2v) is 5.39. The molecule has 0 unspecified atom stereocenters. The van der Waals surface area contributed by atoms with Gasteiger partial charge in [0.05, 0.1) is 12.1 Å². The molecule has 92 valence electrons. The average Bonchev–Trinajstić information content (AvgIpc) is 2.89. The van der Waals surface area contributed by atoms with E-state index in [-0.39, 0.29) is 5.91 Å². The number of nitrogens with zero attached hydrogens (tertiary/aromatic N) is 1. The molecule has 0 bridgehead atoms. The van der Waals surface area contributed by atoms with Crippen LogP contribution in [-0.2, 0) is 11.2 Å². The second kappa shape index (κ2) is 3.81. The molecule has 0 spiro atoms. The average molecular weight is 259 g/mol. The van der Waals surface area contributed by atoms with Crippen molar-refractivity contribution >= 4 is 28.1 Å². The maximum Gasteiger partial charge on any atom is 0.228 e. The molecule has 0 fully saturated rings. The minimum Gasteiger partial charge on any atom is -0.375 e. The number of nitrogen functional groups attached to an aromatic ring is 1. The van der Waals surface area contributed by atoms with Crippen molar-refractivity contribution in [2.75, 3.05) is 11.1 Å². The van der Waals surface area contributed by atoms with Gasteiger partial charge in [0.15, 0.2) is 5.13 Å². The topological polar surface area (TPSA) is 68.0 Å². The maximum atomic E-state index is 11.5. The lowest BCUT2D eigenvalue weighted by molar-refractivity contribution is -0.115. The predicted octanol–water partition coefficient (Wildman–Crippen LogP) is 2.50. The molecule has 18 heavy (non-hydrogen) atoms. The Morgan fingerprint density at radius 3 is 2.83 bits per heavy atom. The van der Waals surface area contributed by atoms with Gasteiger partial charge in [-0.15, -0.1) is 11.3 Å². The van der Waals surface area contributed by atoms with Crippen LogP contribution in [0.15, 0.2) is 11.4 Å². The van der Waals surface area contributed by atoms with Crippen molar-refractivity contribution < 1.29 is 4.79 Å². The molecule has 4 nitrogen and oxygen atoms in total. The minimum atomic E-state index is 0.0578. The highest BCUT2D eigenvalue weighted by atomic mass is 32.1. The number of carbonyl (C=O) groups excluding carboxylic acids is 1. The minimum absolute atomic E-state index is 0.0578. The fourth-order valence-corrected chi connectivity index (χ4v) is 2.90. The number of fused-ring (bicyclic) bond motifs is 1. The molecule has 3 N–H and O–H groups in total. The van der Waals surface area contributed by atoms with Gasteiger partial charge in [0.1, 0.15) is 0 Å². The van der Waals surface area contributed by atoms with Crippen LogP contribution in [0.5, 0.6) is 0 Å². The van der Waals surface area contributed by atoms with Crippen LogP contribution in [0.25, 0.3) is 11.3 Å². The smallest absolute Gasteiger partial charge is 0.228 e. The van der Waals surface area contributed by atoms with Crippen LogP contribution in [0.2, 0.25) is 0 Å². The quantitative estimate of drug-likeness (QED) is 0.826. The highest BCUT2D eigenvalue weighted by Crippen LogP contribution is 2.36. The van der Waals surface area contributed by atoms with Crippen molar-refractivity contribution in [3.63, 3.8) is 0 Å². The first-order valence-electron chi connectivity index (χ1n) is 5.70. The highest BCUT2D eigenvalue weighted by Gasteiger charge is 2.23. The molecule has 2 heterocycles. The Labute approximate surface area is 109 Å². The fourth-order valence-electron chi connectivity index (χ4n) is 2.33. The number of amides is 1. The summed E-state index contributed by atoms with van der Waals surface area (Å²) in [6.07, 6.45) is 0.447. The van der Waals surface area contributed by atoms with Crippen molar-refractivity contribution in [1.82, 2.24) is 4.98 Å². The third-order valence-corrected chi connectivity index (χ3v) is 4.07. The van der Waals surface area contributed by atoms with E-state index >= 15 is 0 Å². The van der Waals surface area contributed by atoms with E-state index < -0.39 is 0 Å². The molecular formula is C13H13N3OS. The molecule has 0 radical (unpaired) electrons. The van der Waals surface area contributed by atoms with Crippen LogP contribution < -0.4 is 11.1 Å². The van der Waals surface area contributed by atoms with Crippen molar-refractivity contribution in [2.45, 2.75) is 20.3 Å². The molecule has 3 rings (SSSR count). The first-order chi connectivity index (χ1) is 8.56. The van der Waals surface area contributed by atoms with Crippen molar-refractivity contribution in [1.29, 1.82) is 0 Å². The van der Waals surface area contributed by atoms with Gasteiger partial charge < -0.3 is 11.1 Å². The van der Waals surface area contributed by atoms with Crippen molar-refractivity contribution in [2.24, 2.45) is 0 Å². The Morgan fingerprint density at radius 1 is 1.39 bits per heavy atom. The molecule has 1 aliphatic rings. The van der Waals surface area contributed by atoms with E-state index in [1.165, 1.54) is 11.3 Å². The summed E-state index contributed by atoms with van der Waals surface area (Å²) in [6, 6.07) is 2.05. The van der Waals surface area contributed by atoms with Crippen molar-refractivity contribution in [3.05, 3.63) is 28.1 Å². The lowest BCUT2D eigenvalue weighted by atomic mass is 9.96. The van der Waals surface area contributed by atoms with Gasteiger partial charge in [0.25, 0.3) is 0 Å². The van der Waals surface area contributed by atoms with Crippen molar-refractivity contribution in [3.8, 4) is 11.3 Å². The largest absolute Gasteiger partial charge is 0.375 e. The van der Waals surface area contributed by atoms with Gasteiger partial charge >= 0.3 is 0 Å². The Morgan fingerprint density at radius 2 is 2.17 bits per heavy atom. The van der Waals surface area contributed by atoms with Crippen LogP contribution >= 0.6 is 11.3 Å². The van der Waals surface area contributed by atoms with E-state index in [1.54, 1.807) is 0 Å². The van der Waals surface area contributed by atoms with Crippen LogP contribution in [0.3, 0.4) is 0 Å². The molecule has 5 heteroatoms. The van der Waals surface area contributed by atoms with Gasteiger partial charge in [-0.05, 0) is 36.6 Å². The molecule has 0 saturated heterocycles. The first-order valence-corrected chi connectivity index (χ1v) is 6.58. The molecule has 1 aromatic carbocycles. The monoisotopic (exact) mass is 259 g/mol. The van der Waals surface area contributed by atoms with E-state index in [1.807, 2.05) is 25.3 Å². The number of thiazole rings is 1. The molecule has 0 atom stereocenters. The van der Waals surface area contributed by atoms with Gasteiger partial charge in [-0.1, -0.05) is 0 Å². The van der Waals surface area contributed by atoms with Gasteiger partial charge in [0, 0.05) is 16.6 Å². The van der Waals surface area contributed by atoms with E-state index in [0.717, 1.165) is 33.6 Å². The van der Waals surface area contributed by atoms with Crippen LogP contribution in [0.4, 0.5) is 10.8 Å². The second-order valence-electron chi connectivity index (χ2n) is 4.50. The summed E-state index contributed by atoms with van der Waals surface area (Å²) >= 11 is 1.43. The third-order valence-electron chi connectivity index (χ3n) is 3.39. The molecular weight excluding hydrogens is 246 g/mol. The Balaban J connectivity index is 2.21. The summed E-state index contributed by atoms with van der Waals surface area (Å²) in [5.41, 5.74) is 11.9. The summed E-state index contributed by atoms with van der Waals surface area (Å²) < 4.78 is 0. The zero-order valence-corrected chi connectivity index (χ0v) is 11.0. The van der Waals surface area contributed by atoms with Gasteiger partial charge in [-0.2, -0.15) is 0 Å². The van der Waals surface area contributed by atoms with Crippen LogP contribution in [-0.4, -0.2) is 10.9 Å². The zero-order chi connectivity index (χ0) is 12.9. The summed E-state index contributed by atoms with van der Waals surface area (Å²) in [4.78, 5) is 15.8.